The lowest BCUT2D eigenvalue weighted by Crippen LogP contribution is -2.44. The predicted octanol–water partition coefficient (Wildman–Crippen LogP) is -0.206. The minimum atomic E-state index is -1.47. The van der Waals surface area contributed by atoms with Crippen molar-refractivity contribution in [2.75, 3.05) is 6.61 Å². The lowest BCUT2D eigenvalue weighted by Gasteiger charge is -2.24. The predicted molar refractivity (Wildman–Crippen MR) is 59.4 cm³/mol. The van der Waals surface area contributed by atoms with E-state index in [4.69, 9.17) is 19.3 Å². The number of aliphatic hydroxyl groups is 1. The van der Waals surface area contributed by atoms with Gasteiger partial charge in [-0.25, -0.2) is 4.79 Å². The molecule has 0 saturated carbocycles. The zero-order valence-electron chi connectivity index (χ0n) is 10.8. The Labute approximate surface area is 105 Å². The fourth-order valence-electron chi connectivity index (χ4n) is 1.16. The van der Waals surface area contributed by atoms with Gasteiger partial charge < -0.3 is 19.3 Å². The fraction of sp³-hybridized carbons (Fsp3) is 0.727. The van der Waals surface area contributed by atoms with Crippen molar-refractivity contribution in [3.05, 3.63) is 0 Å². The summed E-state index contributed by atoms with van der Waals surface area (Å²) in [4.78, 5) is 33.4. The molecule has 0 fully saturated rings. The van der Waals surface area contributed by atoms with Crippen molar-refractivity contribution in [1.29, 1.82) is 0 Å². The smallest absolute Gasteiger partial charge is 0.351 e. The fourth-order valence-corrected chi connectivity index (χ4v) is 1.16. The Morgan fingerprint density at radius 1 is 1.00 bits per heavy atom. The second kappa shape index (κ2) is 7.65. The van der Waals surface area contributed by atoms with Gasteiger partial charge in [-0.1, -0.05) is 0 Å². The molecule has 0 rings (SSSR count). The van der Waals surface area contributed by atoms with E-state index in [2.05, 4.69) is 0 Å². The molecule has 0 aromatic rings. The van der Waals surface area contributed by atoms with Gasteiger partial charge in [0.1, 0.15) is 0 Å². The maximum atomic E-state index is 11.7. The Kier molecular flexibility index (Phi) is 6.96. The molecule has 0 heterocycles. The Bertz CT molecular complexity index is 311. The Balaban J connectivity index is 4.87. The minimum absolute atomic E-state index is 0.424. The van der Waals surface area contributed by atoms with Crippen LogP contribution in [0.4, 0.5) is 0 Å². The lowest BCUT2D eigenvalue weighted by atomic mass is 10.2. The van der Waals surface area contributed by atoms with Gasteiger partial charge in [0.2, 0.25) is 6.10 Å². The van der Waals surface area contributed by atoms with E-state index in [0.29, 0.717) is 0 Å². The first-order valence-corrected chi connectivity index (χ1v) is 5.43. The first kappa shape index (κ1) is 16.4. The highest BCUT2D eigenvalue weighted by atomic mass is 16.6. The molecule has 0 unspecified atom stereocenters. The molecule has 0 aromatic heterocycles. The van der Waals surface area contributed by atoms with Gasteiger partial charge in [-0.3, -0.25) is 9.59 Å². The molecule has 0 saturated heterocycles. The van der Waals surface area contributed by atoms with Gasteiger partial charge in [0.15, 0.2) is 6.10 Å². The van der Waals surface area contributed by atoms with Crippen LogP contribution in [0.5, 0.6) is 0 Å². The molecule has 18 heavy (non-hydrogen) atoms. The van der Waals surface area contributed by atoms with Gasteiger partial charge in [0.25, 0.3) is 0 Å². The number of aliphatic hydroxyl groups excluding tert-OH is 1. The van der Waals surface area contributed by atoms with E-state index in [0.717, 1.165) is 13.8 Å². The Morgan fingerprint density at radius 2 is 1.50 bits per heavy atom. The van der Waals surface area contributed by atoms with Gasteiger partial charge in [-0.2, -0.15) is 0 Å². The van der Waals surface area contributed by atoms with E-state index in [9.17, 15) is 14.4 Å². The summed E-state index contributed by atoms with van der Waals surface area (Å²) in [6.45, 7) is 4.77. The molecule has 0 aliphatic rings. The van der Waals surface area contributed by atoms with Crippen molar-refractivity contribution >= 4 is 17.9 Å². The summed E-state index contributed by atoms with van der Waals surface area (Å²) < 4.78 is 14.3. The summed E-state index contributed by atoms with van der Waals surface area (Å²) in [5.74, 6) is -2.32. The van der Waals surface area contributed by atoms with Crippen molar-refractivity contribution < 1.29 is 33.7 Å². The number of ether oxygens (including phenoxy) is 3. The average molecular weight is 262 g/mol. The lowest BCUT2D eigenvalue weighted by molar-refractivity contribution is -0.185. The van der Waals surface area contributed by atoms with Gasteiger partial charge in [-0.15, -0.1) is 0 Å². The molecule has 7 nitrogen and oxygen atoms in total. The zero-order chi connectivity index (χ0) is 14.3. The highest BCUT2D eigenvalue weighted by molar-refractivity contribution is 5.80. The number of rotatable bonds is 6. The molecular formula is C11H18O7. The van der Waals surface area contributed by atoms with Gasteiger partial charge in [-0.05, 0) is 13.8 Å². The van der Waals surface area contributed by atoms with Gasteiger partial charge >= 0.3 is 17.9 Å². The maximum Gasteiger partial charge on any atom is 0.351 e. The number of esters is 3. The molecule has 0 radical (unpaired) electrons. The van der Waals surface area contributed by atoms with E-state index in [1.165, 1.54) is 0 Å². The van der Waals surface area contributed by atoms with E-state index in [1.54, 1.807) is 13.8 Å². The van der Waals surface area contributed by atoms with Crippen molar-refractivity contribution in [3.8, 4) is 0 Å². The highest BCUT2D eigenvalue weighted by Gasteiger charge is 2.35. The third-order valence-electron chi connectivity index (χ3n) is 1.71. The van der Waals surface area contributed by atoms with Crippen LogP contribution in [0.1, 0.15) is 27.7 Å². The van der Waals surface area contributed by atoms with Gasteiger partial charge in [0.05, 0.1) is 12.7 Å². The van der Waals surface area contributed by atoms with Crippen LogP contribution in [0.3, 0.4) is 0 Å². The van der Waals surface area contributed by atoms with Gasteiger partial charge in [0, 0.05) is 13.8 Å². The number of carbonyl (C=O) groups excluding carboxylic acids is 3. The molecule has 2 atom stereocenters. The maximum absolute atomic E-state index is 11.7. The summed E-state index contributed by atoms with van der Waals surface area (Å²) in [5, 5.41) is 9.06. The molecule has 104 valence electrons. The first-order valence-electron chi connectivity index (χ1n) is 5.43. The highest BCUT2D eigenvalue weighted by Crippen LogP contribution is 2.09. The summed E-state index contributed by atoms with van der Waals surface area (Å²) in [6.07, 6.45) is -3.18. The molecule has 0 amide bonds. The third kappa shape index (κ3) is 6.19. The third-order valence-corrected chi connectivity index (χ3v) is 1.71. The number of carbonyl (C=O) groups is 3. The summed E-state index contributed by atoms with van der Waals surface area (Å²) in [5.41, 5.74) is 0. The molecule has 0 bridgehead atoms. The zero-order valence-corrected chi connectivity index (χ0v) is 10.8. The molecule has 0 spiro atoms. The van der Waals surface area contributed by atoms with Crippen LogP contribution in [0.25, 0.3) is 0 Å². The largest absolute Gasteiger partial charge is 0.460 e. The summed E-state index contributed by atoms with van der Waals surface area (Å²) >= 11 is 0. The van der Waals surface area contributed by atoms with E-state index in [1.807, 2.05) is 0 Å². The monoisotopic (exact) mass is 262 g/mol. The van der Waals surface area contributed by atoms with Crippen molar-refractivity contribution in [3.63, 3.8) is 0 Å². The second-order valence-electron chi connectivity index (χ2n) is 3.85. The Morgan fingerprint density at radius 3 is 1.83 bits per heavy atom. The van der Waals surface area contributed by atoms with Crippen molar-refractivity contribution in [2.45, 2.75) is 46.0 Å². The van der Waals surface area contributed by atoms with E-state index in [-0.39, 0.29) is 0 Å². The second-order valence-corrected chi connectivity index (χ2v) is 3.85. The average Bonchev–Trinajstić information content (AvgIpc) is 2.21. The van der Waals surface area contributed by atoms with E-state index < -0.39 is 42.8 Å². The van der Waals surface area contributed by atoms with Crippen molar-refractivity contribution in [1.82, 2.24) is 0 Å². The van der Waals surface area contributed by atoms with Crippen LogP contribution in [0.2, 0.25) is 0 Å². The standard InChI is InChI=1S/C11H18O7/c1-6(2)16-11(15)10(18-8(4)14)9(5-12)17-7(3)13/h6,9-10,12H,5H2,1-4H3/t9-,10+/m1/s1. The number of hydrogen-bond donors (Lipinski definition) is 1. The van der Waals surface area contributed by atoms with Crippen LogP contribution in [-0.4, -0.2) is 47.9 Å². The molecule has 1 N–H and O–H groups in total. The SMILES string of the molecule is CC(=O)O[C@H](C(=O)OC(C)C)[C@@H](CO)OC(C)=O. The molecule has 7 heteroatoms. The molecular weight excluding hydrogens is 244 g/mol. The molecule has 0 aromatic carbocycles. The molecule has 0 aliphatic heterocycles. The van der Waals surface area contributed by atoms with Crippen LogP contribution in [0, 0.1) is 0 Å². The van der Waals surface area contributed by atoms with Crippen LogP contribution in [0.15, 0.2) is 0 Å². The van der Waals surface area contributed by atoms with Crippen LogP contribution >= 0.6 is 0 Å². The van der Waals surface area contributed by atoms with E-state index >= 15 is 0 Å². The topological polar surface area (TPSA) is 99.1 Å². The summed E-state index contributed by atoms with van der Waals surface area (Å²) in [7, 11) is 0. The number of hydrogen-bond acceptors (Lipinski definition) is 7. The quantitative estimate of drug-likeness (QED) is 0.522. The molecule has 0 aliphatic carbocycles. The van der Waals surface area contributed by atoms with Crippen molar-refractivity contribution in [2.24, 2.45) is 0 Å². The normalized spacial score (nSPS) is 13.7. The first-order chi connectivity index (χ1) is 8.27. The Hall–Kier alpha value is -1.63. The summed E-state index contributed by atoms with van der Waals surface area (Å²) in [6, 6.07) is 0. The minimum Gasteiger partial charge on any atom is -0.460 e. The van der Waals surface area contributed by atoms with Crippen LogP contribution < -0.4 is 0 Å². The van der Waals surface area contributed by atoms with Crippen LogP contribution in [-0.2, 0) is 28.6 Å².